The summed E-state index contributed by atoms with van der Waals surface area (Å²) in [6, 6.07) is 7.61. The van der Waals surface area contributed by atoms with Crippen LogP contribution in [0.15, 0.2) is 36.5 Å². The van der Waals surface area contributed by atoms with Crippen LogP contribution in [0.1, 0.15) is 32.8 Å². The van der Waals surface area contributed by atoms with E-state index in [1.165, 1.54) is 29.0 Å². The smallest absolute Gasteiger partial charge is 0.354 e. The Balaban J connectivity index is 1.83. The number of rotatable bonds is 6. The average molecular weight is 304 g/mol. The van der Waals surface area contributed by atoms with E-state index in [0.29, 0.717) is 12.8 Å². The van der Waals surface area contributed by atoms with E-state index in [-0.39, 0.29) is 23.7 Å². The number of nitrogens with two attached hydrogens (primary N) is 1. The Morgan fingerprint density at radius 3 is 2.55 bits per heavy atom. The summed E-state index contributed by atoms with van der Waals surface area (Å²) in [4.78, 5) is 23.0. The van der Waals surface area contributed by atoms with Crippen molar-refractivity contribution in [2.45, 2.75) is 12.8 Å². The first kappa shape index (κ1) is 15.8. The number of aromatic nitrogens is 1. The van der Waals surface area contributed by atoms with Crippen molar-refractivity contribution < 1.29 is 18.7 Å². The molecule has 0 radical (unpaired) electrons. The normalized spacial score (nSPS) is 10.5. The molecular formula is C16H17FN2O3. The number of amides is 1. The lowest BCUT2D eigenvalue weighted by atomic mass is 10.1. The van der Waals surface area contributed by atoms with Gasteiger partial charge < -0.3 is 15.0 Å². The summed E-state index contributed by atoms with van der Waals surface area (Å²) in [7, 11) is 1.64. The molecule has 1 aromatic carbocycles. The first-order valence-electron chi connectivity index (χ1n) is 6.85. The molecule has 0 aliphatic carbocycles. The second kappa shape index (κ2) is 6.89. The molecule has 22 heavy (non-hydrogen) atoms. The SMILES string of the molecule is Cn1cc(C(N)=O)cc1C(=O)OCCCc1ccc(F)cc1. The molecule has 0 aliphatic heterocycles. The summed E-state index contributed by atoms with van der Waals surface area (Å²) in [6.45, 7) is 0.243. The lowest BCUT2D eigenvalue weighted by Crippen LogP contribution is -2.11. The highest BCUT2D eigenvalue weighted by molar-refractivity contribution is 5.96. The van der Waals surface area contributed by atoms with Crippen molar-refractivity contribution in [2.75, 3.05) is 6.61 Å². The maximum Gasteiger partial charge on any atom is 0.354 e. The van der Waals surface area contributed by atoms with Crippen LogP contribution in [0.5, 0.6) is 0 Å². The number of esters is 1. The molecule has 0 unspecified atom stereocenters. The Labute approximate surface area is 127 Å². The van der Waals surface area contributed by atoms with Crippen molar-refractivity contribution in [1.29, 1.82) is 0 Å². The van der Waals surface area contributed by atoms with E-state index in [9.17, 15) is 14.0 Å². The summed E-state index contributed by atoms with van der Waals surface area (Å²) < 4.78 is 19.4. The molecule has 0 aliphatic rings. The van der Waals surface area contributed by atoms with Crippen LogP contribution in [-0.4, -0.2) is 23.1 Å². The van der Waals surface area contributed by atoms with E-state index in [1.807, 2.05) is 0 Å². The standard InChI is InChI=1S/C16H17FN2O3/c1-19-10-12(15(18)20)9-14(19)16(21)22-8-2-3-11-4-6-13(17)7-5-11/h4-7,9-10H,2-3,8H2,1H3,(H2,18,20). The molecule has 2 aromatic rings. The van der Waals surface area contributed by atoms with E-state index >= 15 is 0 Å². The minimum atomic E-state index is -0.592. The first-order valence-corrected chi connectivity index (χ1v) is 6.85. The summed E-state index contributed by atoms with van der Waals surface area (Å²) in [5.74, 6) is -1.37. The van der Waals surface area contributed by atoms with Crippen LogP contribution in [0.25, 0.3) is 0 Å². The lowest BCUT2D eigenvalue weighted by Gasteiger charge is -2.05. The minimum absolute atomic E-state index is 0.243. The van der Waals surface area contributed by atoms with Gasteiger partial charge in [0.05, 0.1) is 12.2 Å². The molecular weight excluding hydrogens is 287 g/mol. The Bertz CT molecular complexity index is 677. The van der Waals surface area contributed by atoms with E-state index in [0.717, 1.165) is 5.56 Å². The summed E-state index contributed by atoms with van der Waals surface area (Å²) in [6.07, 6.45) is 2.80. The minimum Gasteiger partial charge on any atom is -0.461 e. The number of hydrogen-bond donors (Lipinski definition) is 1. The second-order valence-corrected chi connectivity index (χ2v) is 4.96. The third-order valence-corrected chi connectivity index (χ3v) is 3.25. The van der Waals surface area contributed by atoms with Gasteiger partial charge in [0.25, 0.3) is 0 Å². The molecule has 2 rings (SSSR count). The van der Waals surface area contributed by atoms with Gasteiger partial charge in [-0.1, -0.05) is 12.1 Å². The molecule has 0 bridgehead atoms. The van der Waals surface area contributed by atoms with Crippen molar-refractivity contribution in [3.63, 3.8) is 0 Å². The van der Waals surface area contributed by atoms with Crippen LogP contribution in [0, 0.1) is 5.82 Å². The van der Waals surface area contributed by atoms with Crippen LogP contribution >= 0.6 is 0 Å². The molecule has 0 atom stereocenters. The van der Waals surface area contributed by atoms with Crippen LogP contribution in [-0.2, 0) is 18.2 Å². The third kappa shape index (κ3) is 3.94. The molecule has 6 heteroatoms. The number of primary amides is 1. The van der Waals surface area contributed by atoms with E-state index in [4.69, 9.17) is 10.5 Å². The zero-order valence-corrected chi connectivity index (χ0v) is 12.2. The van der Waals surface area contributed by atoms with Gasteiger partial charge in [-0.25, -0.2) is 9.18 Å². The van der Waals surface area contributed by atoms with Crippen molar-refractivity contribution in [3.8, 4) is 0 Å². The molecule has 1 amide bonds. The highest BCUT2D eigenvalue weighted by Gasteiger charge is 2.15. The quantitative estimate of drug-likeness (QED) is 0.655. The molecule has 116 valence electrons. The zero-order valence-electron chi connectivity index (χ0n) is 12.2. The number of nitrogens with zero attached hydrogens (tertiary/aromatic N) is 1. The van der Waals surface area contributed by atoms with E-state index in [2.05, 4.69) is 0 Å². The molecule has 0 saturated carbocycles. The van der Waals surface area contributed by atoms with Crippen molar-refractivity contribution in [3.05, 3.63) is 59.2 Å². The molecule has 0 saturated heterocycles. The number of benzene rings is 1. The van der Waals surface area contributed by atoms with Crippen LogP contribution in [0.2, 0.25) is 0 Å². The Hall–Kier alpha value is -2.63. The van der Waals surface area contributed by atoms with Gasteiger partial charge in [0.1, 0.15) is 11.5 Å². The van der Waals surface area contributed by atoms with Gasteiger partial charge in [0.15, 0.2) is 0 Å². The largest absolute Gasteiger partial charge is 0.461 e. The van der Waals surface area contributed by atoms with Gasteiger partial charge in [0.2, 0.25) is 5.91 Å². The van der Waals surface area contributed by atoms with Crippen LogP contribution in [0.4, 0.5) is 4.39 Å². The van der Waals surface area contributed by atoms with Crippen molar-refractivity contribution in [2.24, 2.45) is 12.8 Å². The molecule has 2 N–H and O–H groups in total. The Kier molecular flexibility index (Phi) is 4.93. The highest BCUT2D eigenvalue weighted by Crippen LogP contribution is 2.10. The molecule has 0 fully saturated rings. The van der Waals surface area contributed by atoms with Crippen LogP contribution in [0.3, 0.4) is 0 Å². The van der Waals surface area contributed by atoms with Gasteiger partial charge in [-0.3, -0.25) is 4.79 Å². The molecule has 1 heterocycles. The number of carbonyl (C=O) groups excluding carboxylic acids is 2. The van der Waals surface area contributed by atoms with Crippen molar-refractivity contribution in [1.82, 2.24) is 4.57 Å². The monoisotopic (exact) mass is 304 g/mol. The molecule has 1 aromatic heterocycles. The van der Waals surface area contributed by atoms with E-state index < -0.39 is 11.9 Å². The predicted molar refractivity (Wildman–Crippen MR) is 78.9 cm³/mol. The van der Waals surface area contributed by atoms with Gasteiger partial charge in [-0.05, 0) is 36.6 Å². The highest BCUT2D eigenvalue weighted by atomic mass is 19.1. The first-order chi connectivity index (χ1) is 10.5. The fourth-order valence-electron chi connectivity index (χ4n) is 2.07. The number of halogens is 1. The fraction of sp³-hybridized carbons (Fsp3) is 0.250. The molecule has 5 nitrogen and oxygen atoms in total. The average Bonchev–Trinajstić information content (AvgIpc) is 2.87. The summed E-state index contributed by atoms with van der Waals surface area (Å²) >= 11 is 0. The van der Waals surface area contributed by atoms with Crippen molar-refractivity contribution >= 4 is 11.9 Å². The Morgan fingerprint density at radius 2 is 1.95 bits per heavy atom. The summed E-state index contributed by atoms with van der Waals surface area (Å²) in [5, 5.41) is 0. The molecule has 0 spiro atoms. The summed E-state index contributed by atoms with van der Waals surface area (Å²) in [5.41, 5.74) is 6.68. The van der Waals surface area contributed by atoms with E-state index in [1.54, 1.807) is 19.2 Å². The number of ether oxygens (including phenoxy) is 1. The van der Waals surface area contributed by atoms with Gasteiger partial charge in [0, 0.05) is 13.2 Å². The Morgan fingerprint density at radius 1 is 1.27 bits per heavy atom. The fourth-order valence-corrected chi connectivity index (χ4v) is 2.07. The number of hydrogen-bond acceptors (Lipinski definition) is 3. The third-order valence-electron chi connectivity index (χ3n) is 3.25. The topological polar surface area (TPSA) is 74.3 Å². The predicted octanol–water partition coefficient (Wildman–Crippen LogP) is 2.05. The maximum absolute atomic E-state index is 12.8. The zero-order chi connectivity index (χ0) is 16.1. The maximum atomic E-state index is 12.8. The number of carbonyl (C=O) groups is 2. The second-order valence-electron chi connectivity index (χ2n) is 4.96. The van der Waals surface area contributed by atoms with Crippen LogP contribution < -0.4 is 5.73 Å². The van der Waals surface area contributed by atoms with Gasteiger partial charge >= 0.3 is 5.97 Å². The lowest BCUT2D eigenvalue weighted by molar-refractivity contribution is 0.0489. The van der Waals surface area contributed by atoms with Gasteiger partial charge in [-0.15, -0.1) is 0 Å². The van der Waals surface area contributed by atoms with Gasteiger partial charge in [-0.2, -0.15) is 0 Å². The number of aryl methyl sites for hydroxylation is 2.